The Bertz CT molecular complexity index is 466. The summed E-state index contributed by atoms with van der Waals surface area (Å²) in [5, 5.41) is 11.6. The first-order valence-corrected chi connectivity index (χ1v) is 6.93. The molecule has 0 bridgehead atoms. The van der Waals surface area contributed by atoms with Crippen molar-refractivity contribution in [1.29, 1.82) is 0 Å². The Hall–Kier alpha value is -1.33. The van der Waals surface area contributed by atoms with E-state index in [-0.39, 0.29) is 16.7 Å². The summed E-state index contributed by atoms with van der Waals surface area (Å²) in [5.41, 5.74) is 6.03. The summed E-state index contributed by atoms with van der Waals surface area (Å²) in [4.78, 5) is 2.07. The van der Waals surface area contributed by atoms with Gasteiger partial charge in [0.05, 0.1) is 5.02 Å². The standard InChI is InChI=1S/C14H21ClFN3O/c1-10(2)8-19(7-6-13(17)18-20)9-11-4-3-5-12(15)14(11)16/h3-5,10,20H,6-9H2,1-2H3,(H2,17,18). The molecule has 0 aliphatic heterocycles. The number of rotatable bonds is 7. The van der Waals surface area contributed by atoms with Gasteiger partial charge in [0.25, 0.3) is 0 Å². The molecule has 0 saturated carbocycles. The first kappa shape index (κ1) is 16.7. The van der Waals surface area contributed by atoms with Crippen LogP contribution < -0.4 is 5.73 Å². The molecule has 0 atom stereocenters. The molecule has 0 fully saturated rings. The summed E-state index contributed by atoms with van der Waals surface area (Å²) in [6.45, 7) is 6.02. The van der Waals surface area contributed by atoms with Crippen molar-refractivity contribution in [2.24, 2.45) is 16.8 Å². The monoisotopic (exact) mass is 301 g/mol. The molecule has 112 valence electrons. The second kappa shape index (κ2) is 8.07. The van der Waals surface area contributed by atoms with E-state index in [1.54, 1.807) is 12.1 Å². The van der Waals surface area contributed by atoms with Crippen LogP contribution in [0.2, 0.25) is 5.02 Å². The average Bonchev–Trinajstić information content (AvgIpc) is 2.40. The van der Waals surface area contributed by atoms with E-state index < -0.39 is 0 Å². The van der Waals surface area contributed by atoms with Crippen LogP contribution >= 0.6 is 11.6 Å². The lowest BCUT2D eigenvalue weighted by Gasteiger charge is -2.24. The van der Waals surface area contributed by atoms with Gasteiger partial charge in [0.1, 0.15) is 11.7 Å². The second-order valence-corrected chi connectivity index (χ2v) is 5.59. The van der Waals surface area contributed by atoms with E-state index >= 15 is 0 Å². The lowest BCUT2D eigenvalue weighted by Crippen LogP contribution is -2.31. The zero-order chi connectivity index (χ0) is 15.1. The summed E-state index contributed by atoms with van der Waals surface area (Å²) in [7, 11) is 0. The first-order valence-electron chi connectivity index (χ1n) is 6.55. The summed E-state index contributed by atoms with van der Waals surface area (Å²) in [6.07, 6.45) is 0.436. The van der Waals surface area contributed by atoms with Crippen molar-refractivity contribution in [2.75, 3.05) is 13.1 Å². The highest BCUT2D eigenvalue weighted by molar-refractivity contribution is 6.30. The van der Waals surface area contributed by atoms with Gasteiger partial charge >= 0.3 is 0 Å². The van der Waals surface area contributed by atoms with Gasteiger partial charge < -0.3 is 10.9 Å². The van der Waals surface area contributed by atoms with Crippen LogP contribution in [0.1, 0.15) is 25.8 Å². The number of benzene rings is 1. The fourth-order valence-corrected chi connectivity index (χ4v) is 2.18. The highest BCUT2D eigenvalue weighted by Gasteiger charge is 2.13. The van der Waals surface area contributed by atoms with E-state index in [9.17, 15) is 4.39 Å². The Morgan fingerprint density at radius 2 is 2.20 bits per heavy atom. The summed E-state index contributed by atoms with van der Waals surface area (Å²) in [5.74, 6) is 0.224. The molecule has 0 aliphatic carbocycles. The van der Waals surface area contributed by atoms with Crippen molar-refractivity contribution in [3.05, 3.63) is 34.6 Å². The third-order valence-electron chi connectivity index (χ3n) is 2.86. The van der Waals surface area contributed by atoms with Gasteiger partial charge in [-0.25, -0.2) is 4.39 Å². The molecule has 20 heavy (non-hydrogen) atoms. The molecule has 0 unspecified atom stereocenters. The van der Waals surface area contributed by atoms with Crippen molar-refractivity contribution in [2.45, 2.75) is 26.8 Å². The lowest BCUT2D eigenvalue weighted by molar-refractivity contribution is 0.238. The van der Waals surface area contributed by atoms with Crippen LogP contribution in [-0.2, 0) is 6.54 Å². The van der Waals surface area contributed by atoms with Crippen molar-refractivity contribution in [3.63, 3.8) is 0 Å². The maximum absolute atomic E-state index is 13.9. The Labute approximate surface area is 124 Å². The molecule has 1 rings (SSSR count). The topological polar surface area (TPSA) is 61.8 Å². The molecule has 0 saturated heterocycles. The number of hydrogen-bond donors (Lipinski definition) is 2. The van der Waals surface area contributed by atoms with Crippen LogP contribution in [-0.4, -0.2) is 29.0 Å². The quantitative estimate of drug-likeness (QED) is 0.352. The van der Waals surface area contributed by atoms with Gasteiger partial charge in [-0.1, -0.05) is 42.7 Å². The summed E-state index contributed by atoms with van der Waals surface area (Å²) in [6, 6.07) is 4.99. The first-order chi connectivity index (χ1) is 9.43. The summed E-state index contributed by atoms with van der Waals surface area (Å²) >= 11 is 5.79. The van der Waals surface area contributed by atoms with Gasteiger partial charge in [0, 0.05) is 31.6 Å². The highest BCUT2D eigenvalue weighted by atomic mass is 35.5. The Balaban J connectivity index is 2.75. The van der Waals surface area contributed by atoms with E-state index in [2.05, 4.69) is 23.9 Å². The van der Waals surface area contributed by atoms with Crippen LogP contribution in [0.15, 0.2) is 23.4 Å². The minimum atomic E-state index is -0.383. The molecule has 0 amide bonds. The van der Waals surface area contributed by atoms with E-state index in [0.29, 0.717) is 31.0 Å². The molecule has 0 heterocycles. The van der Waals surface area contributed by atoms with Crippen LogP contribution in [0, 0.1) is 11.7 Å². The van der Waals surface area contributed by atoms with Gasteiger partial charge in [-0.15, -0.1) is 0 Å². The normalized spacial score (nSPS) is 12.4. The van der Waals surface area contributed by atoms with Crippen LogP contribution in [0.3, 0.4) is 0 Å². The van der Waals surface area contributed by atoms with Crippen molar-refractivity contribution < 1.29 is 9.60 Å². The third kappa shape index (κ3) is 5.35. The number of oxime groups is 1. The van der Waals surface area contributed by atoms with E-state index in [1.165, 1.54) is 6.07 Å². The number of nitrogens with two attached hydrogens (primary N) is 1. The zero-order valence-electron chi connectivity index (χ0n) is 11.8. The highest BCUT2D eigenvalue weighted by Crippen LogP contribution is 2.19. The Kier molecular flexibility index (Phi) is 6.75. The molecule has 6 heteroatoms. The van der Waals surface area contributed by atoms with Gasteiger partial charge in [-0.3, -0.25) is 4.90 Å². The maximum atomic E-state index is 13.9. The maximum Gasteiger partial charge on any atom is 0.146 e. The van der Waals surface area contributed by atoms with E-state index in [4.69, 9.17) is 22.5 Å². The predicted molar refractivity (Wildman–Crippen MR) is 79.6 cm³/mol. The molecule has 1 aromatic carbocycles. The van der Waals surface area contributed by atoms with Gasteiger partial charge in [0.15, 0.2) is 0 Å². The van der Waals surface area contributed by atoms with Gasteiger partial charge in [-0.05, 0) is 12.0 Å². The lowest BCUT2D eigenvalue weighted by atomic mass is 10.1. The molecular weight excluding hydrogens is 281 g/mol. The van der Waals surface area contributed by atoms with E-state index in [1.807, 2.05) is 0 Å². The number of amidine groups is 1. The molecular formula is C14H21ClFN3O. The van der Waals surface area contributed by atoms with Crippen LogP contribution in [0.5, 0.6) is 0 Å². The largest absolute Gasteiger partial charge is 0.409 e. The van der Waals surface area contributed by atoms with Crippen molar-refractivity contribution in [3.8, 4) is 0 Å². The molecule has 0 radical (unpaired) electrons. The Morgan fingerprint density at radius 1 is 1.50 bits per heavy atom. The minimum Gasteiger partial charge on any atom is -0.409 e. The minimum absolute atomic E-state index is 0.128. The molecule has 0 aliphatic rings. The SMILES string of the molecule is CC(C)CN(CC/C(N)=N/O)Cc1cccc(Cl)c1F. The van der Waals surface area contributed by atoms with Crippen molar-refractivity contribution in [1.82, 2.24) is 4.90 Å². The Morgan fingerprint density at radius 3 is 2.80 bits per heavy atom. The fourth-order valence-electron chi connectivity index (χ4n) is 1.99. The number of hydrogen-bond acceptors (Lipinski definition) is 3. The van der Waals surface area contributed by atoms with Crippen molar-refractivity contribution >= 4 is 17.4 Å². The van der Waals surface area contributed by atoms with Crippen LogP contribution in [0.4, 0.5) is 4.39 Å². The molecule has 4 nitrogen and oxygen atoms in total. The van der Waals surface area contributed by atoms with E-state index in [0.717, 1.165) is 6.54 Å². The number of halogens is 2. The molecule has 0 aromatic heterocycles. The van der Waals surface area contributed by atoms with Gasteiger partial charge in [-0.2, -0.15) is 0 Å². The van der Waals surface area contributed by atoms with Crippen LogP contribution in [0.25, 0.3) is 0 Å². The molecule has 0 spiro atoms. The molecule has 3 N–H and O–H groups in total. The average molecular weight is 302 g/mol. The number of nitrogens with zero attached hydrogens (tertiary/aromatic N) is 2. The fraction of sp³-hybridized carbons (Fsp3) is 0.500. The second-order valence-electron chi connectivity index (χ2n) is 5.18. The summed E-state index contributed by atoms with van der Waals surface area (Å²) < 4.78 is 13.9. The molecule has 1 aromatic rings. The van der Waals surface area contributed by atoms with Gasteiger partial charge in [0.2, 0.25) is 0 Å². The third-order valence-corrected chi connectivity index (χ3v) is 3.15. The predicted octanol–water partition coefficient (Wildman–Crippen LogP) is 3.07. The smallest absolute Gasteiger partial charge is 0.146 e. The zero-order valence-corrected chi connectivity index (χ0v) is 12.6.